The molecule has 0 radical (unpaired) electrons. The normalized spacial score (nSPS) is 18.9. The van der Waals surface area contributed by atoms with Crippen molar-refractivity contribution >= 4 is 16.8 Å². The van der Waals surface area contributed by atoms with Crippen molar-refractivity contribution < 1.29 is 14.3 Å². The Labute approximate surface area is 186 Å². The highest BCUT2D eigenvalue weighted by Gasteiger charge is 2.45. The van der Waals surface area contributed by atoms with E-state index in [0.29, 0.717) is 18.9 Å². The number of hydrogen-bond donors (Lipinski definition) is 1. The van der Waals surface area contributed by atoms with Gasteiger partial charge in [-0.15, -0.1) is 0 Å². The van der Waals surface area contributed by atoms with Gasteiger partial charge >= 0.3 is 0 Å². The second-order valence-electron chi connectivity index (χ2n) is 8.34. The van der Waals surface area contributed by atoms with Crippen LogP contribution in [0.2, 0.25) is 0 Å². The molecule has 3 aromatic carbocycles. The molecule has 1 N–H and O–H groups in total. The molecule has 32 heavy (non-hydrogen) atoms. The Morgan fingerprint density at radius 1 is 1.03 bits per heavy atom. The van der Waals surface area contributed by atoms with Crippen LogP contribution in [0.25, 0.3) is 10.9 Å². The molecule has 1 amide bonds. The summed E-state index contributed by atoms with van der Waals surface area (Å²) in [7, 11) is 1.66. The third-order valence-electron chi connectivity index (χ3n) is 6.73. The molecule has 3 heterocycles. The summed E-state index contributed by atoms with van der Waals surface area (Å²) in [5.41, 5.74) is 6.45. The topological polar surface area (TPSA) is 54.6 Å². The smallest absolute Gasteiger partial charge is 0.255 e. The van der Waals surface area contributed by atoms with Crippen LogP contribution in [-0.2, 0) is 0 Å². The maximum absolute atomic E-state index is 13.4. The summed E-state index contributed by atoms with van der Waals surface area (Å²) in [5.74, 6) is 1.57. The molecular weight excluding hydrogens is 400 g/mol. The number of hydrogen-bond acceptors (Lipinski definition) is 3. The Hall–Kier alpha value is -3.73. The number of fused-ring (bicyclic) bond motifs is 7. The van der Waals surface area contributed by atoms with Gasteiger partial charge in [0.05, 0.1) is 19.8 Å². The van der Waals surface area contributed by atoms with Crippen molar-refractivity contribution in [3.05, 3.63) is 94.7 Å². The molecule has 0 bridgehead atoms. The van der Waals surface area contributed by atoms with Crippen molar-refractivity contribution in [2.24, 2.45) is 0 Å². The van der Waals surface area contributed by atoms with Crippen LogP contribution in [0.5, 0.6) is 11.5 Å². The van der Waals surface area contributed by atoms with Crippen LogP contribution in [0.15, 0.2) is 66.7 Å². The Morgan fingerprint density at radius 3 is 2.69 bits per heavy atom. The van der Waals surface area contributed by atoms with E-state index in [1.54, 1.807) is 7.11 Å². The van der Waals surface area contributed by atoms with Gasteiger partial charge in [-0.2, -0.15) is 0 Å². The number of nitrogens with one attached hydrogen (secondary N) is 1. The van der Waals surface area contributed by atoms with E-state index in [0.717, 1.165) is 33.7 Å². The van der Waals surface area contributed by atoms with Gasteiger partial charge in [0.25, 0.3) is 5.91 Å². The molecule has 160 valence electrons. The first-order valence-electron chi connectivity index (χ1n) is 11.0. The Morgan fingerprint density at radius 2 is 1.84 bits per heavy atom. The minimum atomic E-state index is -0.0815. The van der Waals surface area contributed by atoms with Crippen LogP contribution < -0.4 is 9.47 Å². The van der Waals surface area contributed by atoms with Crippen molar-refractivity contribution in [3.63, 3.8) is 0 Å². The Balaban J connectivity index is 1.57. The number of aromatic amines is 1. The van der Waals surface area contributed by atoms with Crippen LogP contribution >= 0.6 is 0 Å². The largest absolute Gasteiger partial charge is 0.493 e. The van der Waals surface area contributed by atoms with Gasteiger partial charge in [-0.25, -0.2) is 0 Å². The molecule has 2 aliphatic rings. The van der Waals surface area contributed by atoms with Crippen molar-refractivity contribution in [1.29, 1.82) is 0 Å². The first-order valence-corrected chi connectivity index (χ1v) is 11.0. The molecule has 2 atom stereocenters. The van der Waals surface area contributed by atoms with Crippen LogP contribution in [0.3, 0.4) is 0 Å². The predicted molar refractivity (Wildman–Crippen MR) is 124 cm³/mol. The van der Waals surface area contributed by atoms with E-state index < -0.39 is 0 Å². The number of aromatic nitrogens is 1. The summed E-state index contributed by atoms with van der Waals surface area (Å²) in [6.45, 7) is 3.15. The molecular formula is C27H24N2O3. The molecule has 5 heteroatoms. The predicted octanol–water partition coefficient (Wildman–Crippen LogP) is 5.27. The first kappa shape index (κ1) is 19.0. The van der Waals surface area contributed by atoms with E-state index in [1.807, 2.05) is 42.2 Å². The van der Waals surface area contributed by atoms with Gasteiger partial charge in [0.2, 0.25) is 0 Å². The number of amides is 1. The number of para-hydroxylation sites is 1. The van der Waals surface area contributed by atoms with E-state index in [9.17, 15) is 4.79 Å². The van der Waals surface area contributed by atoms with Gasteiger partial charge in [0.1, 0.15) is 0 Å². The number of methoxy groups -OCH3 is 1. The minimum absolute atomic E-state index is 0.0280. The summed E-state index contributed by atoms with van der Waals surface area (Å²) < 4.78 is 11.4. The van der Waals surface area contributed by atoms with Crippen LogP contribution in [0.4, 0.5) is 0 Å². The summed E-state index contributed by atoms with van der Waals surface area (Å²) in [6.07, 6.45) is 0. The molecule has 0 fully saturated rings. The lowest BCUT2D eigenvalue weighted by Crippen LogP contribution is -2.37. The fraction of sp³-hybridized carbons (Fsp3) is 0.222. The van der Waals surface area contributed by atoms with Crippen LogP contribution in [0, 0.1) is 0 Å². The lowest BCUT2D eigenvalue weighted by molar-refractivity contribution is 0.0727. The maximum atomic E-state index is 13.4. The number of H-pyrrole nitrogens is 1. The zero-order valence-corrected chi connectivity index (χ0v) is 18.1. The molecule has 1 aromatic heterocycles. The monoisotopic (exact) mass is 424 g/mol. The van der Waals surface area contributed by atoms with Crippen LogP contribution in [-0.4, -0.2) is 36.1 Å². The van der Waals surface area contributed by atoms with Crippen molar-refractivity contribution in [3.8, 4) is 11.5 Å². The van der Waals surface area contributed by atoms with Gasteiger partial charge in [0, 0.05) is 34.6 Å². The minimum Gasteiger partial charge on any atom is -0.493 e. The van der Waals surface area contributed by atoms with E-state index in [-0.39, 0.29) is 17.9 Å². The van der Waals surface area contributed by atoms with Gasteiger partial charge in [-0.05, 0) is 47.9 Å². The fourth-order valence-corrected chi connectivity index (χ4v) is 5.38. The van der Waals surface area contributed by atoms with E-state index in [1.165, 1.54) is 10.9 Å². The summed E-state index contributed by atoms with van der Waals surface area (Å²) >= 11 is 0. The lowest BCUT2D eigenvalue weighted by atomic mass is 9.83. The number of ether oxygens (including phenoxy) is 2. The second kappa shape index (κ2) is 7.16. The standard InChI is InChI=1S/C27H24N2O3/c1-3-32-22-13-12-16(14-23(22)31-2)20-15-29-26(17-8-4-5-9-18(17)27(29)30)25-24(20)19-10-6-7-11-21(19)28-25/h4-14,20,26,28H,3,15H2,1-2H3/t20-,26-/m0/s1. The fourth-order valence-electron chi connectivity index (χ4n) is 5.38. The molecule has 4 aromatic rings. The molecule has 0 aliphatic carbocycles. The highest BCUT2D eigenvalue weighted by molar-refractivity contribution is 6.01. The van der Waals surface area contributed by atoms with Gasteiger partial charge in [-0.1, -0.05) is 42.5 Å². The highest BCUT2D eigenvalue weighted by atomic mass is 16.5. The lowest BCUT2D eigenvalue weighted by Gasteiger charge is -2.36. The maximum Gasteiger partial charge on any atom is 0.255 e. The number of nitrogens with zero attached hydrogens (tertiary/aromatic N) is 1. The van der Waals surface area contributed by atoms with Gasteiger partial charge in [0.15, 0.2) is 11.5 Å². The number of rotatable bonds is 4. The van der Waals surface area contributed by atoms with Gasteiger partial charge in [-0.3, -0.25) is 4.79 Å². The number of carbonyl (C=O) groups excluding carboxylic acids is 1. The average molecular weight is 425 g/mol. The average Bonchev–Trinajstić information content (AvgIpc) is 3.35. The molecule has 6 rings (SSSR count). The summed E-state index contributed by atoms with van der Waals surface area (Å²) in [4.78, 5) is 19.0. The Kier molecular flexibility index (Phi) is 4.25. The van der Waals surface area contributed by atoms with Crippen molar-refractivity contribution in [2.45, 2.75) is 18.9 Å². The number of benzene rings is 3. The third kappa shape index (κ3) is 2.60. The SMILES string of the molecule is CCOc1ccc([C@@H]2CN3C(=O)c4ccccc4[C@H]3c3[nH]c4ccccc4c32)cc1OC. The second-order valence-corrected chi connectivity index (χ2v) is 8.34. The van der Waals surface area contributed by atoms with E-state index >= 15 is 0 Å². The van der Waals surface area contributed by atoms with Crippen molar-refractivity contribution in [2.75, 3.05) is 20.3 Å². The first-order chi connectivity index (χ1) is 15.7. The Bertz CT molecular complexity index is 1360. The quantitative estimate of drug-likeness (QED) is 0.486. The number of carbonyl (C=O) groups is 1. The van der Waals surface area contributed by atoms with E-state index in [4.69, 9.17) is 9.47 Å². The van der Waals surface area contributed by atoms with Crippen LogP contribution in [0.1, 0.15) is 51.6 Å². The highest BCUT2D eigenvalue weighted by Crippen LogP contribution is 2.50. The molecule has 0 saturated heterocycles. The molecule has 2 aliphatic heterocycles. The zero-order chi connectivity index (χ0) is 21.8. The molecule has 5 nitrogen and oxygen atoms in total. The molecule has 0 unspecified atom stereocenters. The molecule has 0 spiro atoms. The zero-order valence-electron chi connectivity index (χ0n) is 18.1. The summed E-state index contributed by atoms with van der Waals surface area (Å²) in [6, 6.07) is 22.4. The van der Waals surface area contributed by atoms with Gasteiger partial charge < -0.3 is 19.4 Å². The summed E-state index contributed by atoms with van der Waals surface area (Å²) in [5, 5.41) is 1.21. The van der Waals surface area contributed by atoms with E-state index in [2.05, 4.69) is 41.4 Å². The van der Waals surface area contributed by atoms with Crippen molar-refractivity contribution in [1.82, 2.24) is 9.88 Å². The third-order valence-corrected chi connectivity index (χ3v) is 6.73. The molecule has 0 saturated carbocycles.